The van der Waals surface area contributed by atoms with Gasteiger partial charge in [-0.05, 0) is 31.0 Å². The Balaban J connectivity index is 1.84. The van der Waals surface area contributed by atoms with Gasteiger partial charge in [0, 0.05) is 23.4 Å². The van der Waals surface area contributed by atoms with Gasteiger partial charge in [-0.2, -0.15) is 0 Å². The molecule has 0 aliphatic rings. The van der Waals surface area contributed by atoms with Crippen LogP contribution in [-0.4, -0.2) is 22.6 Å². The zero-order valence-corrected chi connectivity index (χ0v) is 17.7. The number of hydrogen-bond acceptors (Lipinski definition) is 5. The molecule has 0 N–H and O–H groups in total. The summed E-state index contributed by atoms with van der Waals surface area (Å²) in [5.74, 6) is 0.346. The fourth-order valence-corrected chi connectivity index (χ4v) is 4.48. The second-order valence-corrected chi connectivity index (χ2v) is 8.17. The van der Waals surface area contributed by atoms with Crippen molar-refractivity contribution in [3.8, 4) is 21.8 Å². The first-order valence-corrected chi connectivity index (χ1v) is 10.6. The maximum absolute atomic E-state index is 13.4. The van der Waals surface area contributed by atoms with E-state index >= 15 is 0 Å². The van der Waals surface area contributed by atoms with Crippen LogP contribution in [0, 0.1) is 6.92 Å². The van der Waals surface area contributed by atoms with Gasteiger partial charge in [0.15, 0.2) is 0 Å². The Morgan fingerprint density at radius 3 is 2.57 bits per heavy atom. The number of esters is 1. The molecule has 2 aromatic carbocycles. The molecule has 0 saturated heterocycles. The maximum atomic E-state index is 13.4. The van der Waals surface area contributed by atoms with Gasteiger partial charge in [0.2, 0.25) is 0 Å². The van der Waals surface area contributed by atoms with Crippen molar-refractivity contribution in [3.05, 3.63) is 76.6 Å². The molecule has 152 valence electrons. The summed E-state index contributed by atoms with van der Waals surface area (Å²) in [6, 6.07) is 19.9. The average molecular weight is 419 g/mol. The number of rotatable bonds is 6. The number of carbonyl (C=O) groups excluding carboxylic acids is 1. The van der Waals surface area contributed by atoms with Crippen LogP contribution in [0.4, 0.5) is 0 Å². The molecule has 0 unspecified atom stereocenters. The van der Waals surface area contributed by atoms with E-state index in [0.717, 1.165) is 26.4 Å². The summed E-state index contributed by atoms with van der Waals surface area (Å²) in [5, 5.41) is 0.605. The highest BCUT2D eigenvalue weighted by molar-refractivity contribution is 7.21. The molecule has 0 spiro atoms. The quantitative estimate of drug-likeness (QED) is 0.411. The Bertz CT molecular complexity index is 1260. The number of fused-ring (bicyclic) bond motifs is 1. The van der Waals surface area contributed by atoms with Gasteiger partial charge in [-0.15, -0.1) is 11.3 Å². The molecule has 0 saturated carbocycles. The Hall–Kier alpha value is -3.25. The molecule has 0 aliphatic carbocycles. The van der Waals surface area contributed by atoms with E-state index in [-0.39, 0.29) is 17.9 Å². The highest BCUT2D eigenvalue weighted by atomic mass is 32.1. The SMILES string of the molecule is COC(=O)CCCn1c(-c2cccc(C)c2)nc2sc(-c3ccccc3)cc2c1=O. The minimum Gasteiger partial charge on any atom is -0.469 e. The van der Waals surface area contributed by atoms with E-state index in [9.17, 15) is 9.59 Å². The topological polar surface area (TPSA) is 61.2 Å². The fraction of sp³-hybridized carbons (Fsp3) is 0.208. The summed E-state index contributed by atoms with van der Waals surface area (Å²) in [6.07, 6.45) is 0.765. The van der Waals surface area contributed by atoms with Crippen LogP contribution in [0.3, 0.4) is 0 Å². The van der Waals surface area contributed by atoms with Gasteiger partial charge in [-0.25, -0.2) is 4.98 Å². The fourth-order valence-electron chi connectivity index (χ4n) is 3.46. The molecule has 2 aromatic heterocycles. The summed E-state index contributed by atoms with van der Waals surface area (Å²) in [6.45, 7) is 2.41. The second-order valence-electron chi connectivity index (χ2n) is 7.14. The van der Waals surface area contributed by atoms with E-state index in [1.807, 2.05) is 67.6 Å². The third kappa shape index (κ3) is 4.04. The molecule has 30 heavy (non-hydrogen) atoms. The molecule has 0 atom stereocenters. The Labute approximate surface area is 178 Å². The first-order valence-electron chi connectivity index (χ1n) is 9.80. The zero-order valence-electron chi connectivity index (χ0n) is 16.9. The summed E-state index contributed by atoms with van der Waals surface area (Å²) in [4.78, 5) is 31.6. The number of methoxy groups -OCH3 is 1. The van der Waals surface area contributed by atoms with Crippen LogP contribution < -0.4 is 5.56 Å². The highest BCUT2D eigenvalue weighted by Crippen LogP contribution is 2.32. The van der Waals surface area contributed by atoms with Crippen LogP contribution in [-0.2, 0) is 16.1 Å². The van der Waals surface area contributed by atoms with Crippen molar-refractivity contribution < 1.29 is 9.53 Å². The molecule has 6 heteroatoms. The Morgan fingerprint density at radius 2 is 1.83 bits per heavy atom. The number of carbonyl (C=O) groups is 1. The lowest BCUT2D eigenvalue weighted by Crippen LogP contribution is -2.23. The molecule has 0 fully saturated rings. The number of nitrogens with zero attached hydrogens (tertiary/aromatic N) is 2. The molecule has 0 amide bonds. The van der Waals surface area contributed by atoms with E-state index < -0.39 is 0 Å². The van der Waals surface area contributed by atoms with Crippen molar-refractivity contribution in [1.82, 2.24) is 9.55 Å². The maximum Gasteiger partial charge on any atom is 0.305 e. The third-order valence-electron chi connectivity index (χ3n) is 4.98. The van der Waals surface area contributed by atoms with Gasteiger partial charge < -0.3 is 4.74 Å². The first kappa shape index (κ1) is 20.0. The number of hydrogen-bond donors (Lipinski definition) is 0. The lowest BCUT2D eigenvalue weighted by molar-refractivity contribution is -0.140. The summed E-state index contributed by atoms with van der Waals surface area (Å²) in [7, 11) is 1.37. The summed E-state index contributed by atoms with van der Waals surface area (Å²) < 4.78 is 6.41. The van der Waals surface area contributed by atoms with Gasteiger partial charge in [0.25, 0.3) is 5.56 Å². The Morgan fingerprint density at radius 1 is 1.07 bits per heavy atom. The third-order valence-corrected chi connectivity index (χ3v) is 6.05. The van der Waals surface area contributed by atoms with Crippen molar-refractivity contribution in [2.75, 3.05) is 7.11 Å². The van der Waals surface area contributed by atoms with Crippen LogP contribution >= 0.6 is 11.3 Å². The van der Waals surface area contributed by atoms with Crippen molar-refractivity contribution in [2.24, 2.45) is 0 Å². The first-order chi connectivity index (χ1) is 14.6. The molecule has 2 heterocycles. The normalized spacial score (nSPS) is 11.0. The van der Waals surface area contributed by atoms with Gasteiger partial charge in [0.1, 0.15) is 10.7 Å². The van der Waals surface area contributed by atoms with Gasteiger partial charge in [-0.3, -0.25) is 14.2 Å². The predicted octanol–water partition coefficient (Wildman–Crippen LogP) is 5.05. The molecular weight excluding hydrogens is 396 g/mol. The number of ether oxygens (including phenoxy) is 1. The number of thiophene rings is 1. The van der Waals surface area contributed by atoms with Gasteiger partial charge >= 0.3 is 5.97 Å². The molecule has 5 nitrogen and oxygen atoms in total. The average Bonchev–Trinajstić information content (AvgIpc) is 3.20. The largest absolute Gasteiger partial charge is 0.469 e. The van der Waals surface area contributed by atoms with Crippen molar-refractivity contribution in [2.45, 2.75) is 26.3 Å². The molecule has 4 aromatic rings. The Kier molecular flexibility index (Phi) is 5.77. The molecular formula is C24H22N2O3S. The standard InChI is InChI=1S/C24H22N2O3S/c1-16-8-6-11-18(14-16)22-25-23-19(15-20(30-23)17-9-4-3-5-10-17)24(28)26(22)13-7-12-21(27)29-2/h3-6,8-11,14-15H,7,12-13H2,1-2H3. The summed E-state index contributed by atoms with van der Waals surface area (Å²) >= 11 is 1.52. The van der Waals surface area contributed by atoms with E-state index in [1.165, 1.54) is 18.4 Å². The number of aryl methyl sites for hydroxylation is 1. The second kappa shape index (κ2) is 8.63. The minimum atomic E-state index is -0.281. The van der Waals surface area contributed by atoms with Gasteiger partial charge in [-0.1, -0.05) is 54.1 Å². The molecule has 0 bridgehead atoms. The van der Waals surface area contributed by atoms with Crippen LogP contribution in [0.1, 0.15) is 18.4 Å². The van der Waals surface area contributed by atoms with Crippen LogP contribution in [0.2, 0.25) is 0 Å². The van der Waals surface area contributed by atoms with E-state index in [0.29, 0.717) is 24.2 Å². The van der Waals surface area contributed by atoms with Crippen LogP contribution in [0.15, 0.2) is 65.5 Å². The monoisotopic (exact) mass is 418 g/mol. The molecule has 0 radical (unpaired) electrons. The number of benzene rings is 2. The van der Waals surface area contributed by atoms with E-state index in [4.69, 9.17) is 9.72 Å². The van der Waals surface area contributed by atoms with Crippen molar-refractivity contribution in [3.63, 3.8) is 0 Å². The van der Waals surface area contributed by atoms with Crippen molar-refractivity contribution in [1.29, 1.82) is 0 Å². The lowest BCUT2D eigenvalue weighted by Gasteiger charge is -2.12. The van der Waals surface area contributed by atoms with Gasteiger partial charge in [0.05, 0.1) is 12.5 Å². The zero-order chi connectivity index (χ0) is 21.1. The van der Waals surface area contributed by atoms with Crippen LogP contribution in [0.5, 0.6) is 0 Å². The summed E-state index contributed by atoms with van der Waals surface area (Å²) in [5.41, 5.74) is 2.97. The number of aromatic nitrogens is 2. The van der Waals surface area contributed by atoms with E-state index in [2.05, 4.69) is 0 Å². The smallest absolute Gasteiger partial charge is 0.305 e. The lowest BCUT2D eigenvalue weighted by atomic mass is 10.1. The minimum absolute atomic E-state index is 0.0835. The molecule has 4 rings (SSSR count). The predicted molar refractivity (Wildman–Crippen MR) is 121 cm³/mol. The highest BCUT2D eigenvalue weighted by Gasteiger charge is 2.16. The van der Waals surface area contributed by atoms with E-state index in [1.54, 1.807) is 4.57 Å². The van der Waals surface area contributed by atoms with Crippen LogP contribution in [0.25, 0.3) is 32.0 Å². The van der Waals surface area contributed by atoms with Crippen molar-refractivity contribution >= 4 is 27.5 Å². The molecule has 0 aliphatic heterocycles.